The first-order valence-electron chi connectivity index (χ1n) is 11.4. The number of benzene rings is 2. The zero-order valence-electron chi connectivity index (χ0n) is 19.2. The molecule has 1 aliphatic carbocycles. The molecule has 0 spiro atoms. The summed E-state index contributed by atoms with van der Waals surface area (Å²) >= 11 is 0. The molecular formula is C25H29FN4O3S. The van der Waals surface area contributed by atoms with Gasteiger partial charge in [0.2, 0.25) is 15.9 Å². The van der Waals surface area contributed by atoms with Crippen LogP contribution < -0.4 is 10.0 Å². The Morgan fingerprint density at radius 3 is 2.29 bits per heavy atom. The lowest BCUT2D eigenvalue weighted by Gasteiger charge is -2.29. The molecule has 1 aliphatic rings. The van der Waals surface area contributed by atoms with Gasteiger partial charge in [0.15, 0.2) is 0 Å². The number of aromatic nitrogens is 2. The zero-order chi connectivity index (χ0) is 24.3. The van der Waals surface area contributed by atoms with Crippen LogP contribution in [-0.2, 0) is 14.8 Å². The first kappa shape index (κ1) is 24.1. The lowest BCUT2D eigenvalue weighted by Crippen LogP contribution is -2.41. The quantitative estimate of drug-likeness (QED) is 0.530. The van der Waals surface area contributed by atoms with E-state index in [9.17, 15) is 17.6 Å². The van der Waals surface area contributed by atoms with E-state index in [2.05, 4.69) is 15.0 Å². The second-order valence-electron chi connectivity index (χ2n) is 8.79. The number of amides is 1. The molecule has 2 N–H and O–H groups in total. The maximum atomic E-state index is 13.1. The van der Waals surface area contributed by atoms with Crippen molar-refractivity contribution in [2.24, 2.45) is 5.92 Å². The molecule has 180 valence electrons. The number of carbonyl (C=O) groups excluding carboxylic acids is 1. The monoisotopic (exact) mass is 484 g/mol. The Hall–Kier alpha value is -3.04. The highest BCUT2D eigenvalue weighted by atomic mass is 32.2. The van der Waals surface area contributed by atoms with Crippen molar-refractivity contribution in [2.45, 2.75) is 56.5 Å². The third-order valence-electron chi connectivity index (χ3n) is 6.40. The number of nitrogens with zero attached hydrogens (tertiary/aromatic N) is 2. The van der Waals surface area contributed by atoms with Gasteiger partial charge in [-0.2, -0.15) is 0 Å². The Labute approximate surface area is 199 Å². The molecule has 7 nitrogen and oxygen atoms in total. The van der Waals surface area contributed by atoms with Gasteiger partial charge in [0.25, 0.3) is 0 Å². The Morgan fingerprint density at radius 1 is 1.06 bits per heavy atom. The van der Waals surface area contributed by atoms with E-state index in [-0.39, 0.29) is 34.6 Å². The van der Waals surface area contributed by atoms with Crippen LogP contribution in [0, 0.1) is 18.7 Å². The van der Waals surface area contributed by atoms with Crippen molar-refractivity contribution in [3.63, 3.8) is 0 Å². The summed E-state index contributed by atoms with van der Waals surface area (Å²) in [6.07, 6.45) is 5.92. The first-order chi connectivity index (χ1) is 16.2. The predicted molar refractivity (Wildman–Crippen MR) is 127 cm³/mol. The van der Waals surface area contributed by atoms with Gasteiger partial charge in [-0.05, 0) is 81.5 Å². The van der Waals surface area contributed by atoms with Gasteiger partial charge >= 0.3 is 0 Å². The second-order valence-corrected chi connectivity index (χ2v) is 10.5. The van der Waals surface area contributed by atoms with Crippen LogP contribution >= 0.6 is 0 Å². The van der Waals surface area contributed by atoms with Crippen LogP contribution in [0.25, 0.3) is 5.69 Å². The zero-order valence-corrected chi connectivity index (χ0v) is 20.1. The largest absolute Gasteiger partial charge is 0.349 e. The summed E-state index contributed by atoms with van der Waals surface area (Å²) in [5.41, 5.74) is 1.68. The Balaban J connectivity index is 1.30. The van der Waals surface area contributed by atoms with Crippen molar-refractivity contribution < 1.29 is 17.6 Å². The van der Waals surface area contributed by atoms with Gasteiger partial charge in [-0.3, -0.25) is 4.79 Å². The summed E-state index contributed by atoms with van der Waals surface area (Å²) in [6.45, 7) is 3.75. The average molecular weight is 485 g/mol. The van der Waals surface area contributed by atoms with Crippen LogP contribution in [0.15, 0.2) is 65.8 Å². The molecule has 1 atom stereocenters. The van der Waals surface area contributed by atoms with Crippen LogP contribution in [0.3, 0.4) is 0 Å². The molecule has 1 aromatic heterocycles. The van der Waals surface area contributed by atoms with Crippen molar-refractivity contribution in [1.82, 2.24) is 19.6 Å². The number of rotatable bonds is 7. The number of imidazole rings is 1. The van der Waals surface area contributed by atoms with Gasteiger partial charge < -0.3 is 9.88 Å². The SMILES string of the molecule is Cc1nccn1-c1ccc(S(=O)(=O)NC2CCC(C(=O)NC(C)c3ccc(F)cc3)CC2)cc1. The fourth-order valence-corrected chi connectivity index (χ4v) is 5.67. The number of hydrogen-bond acceptors (Lipinski definition) is 4. The van der Waals surface area contributed by atoms with E-state index in [1.165, 1.54) is 12.1 Å². The number of carbonyl (C=O) groups is 1. The third kappa shape index (κ3) is 5.53. The molecule has 0 aliphatic heterocycles. The van der Waals surface area contributed by atoms with Crippen molar-refractivity contribution >= 4 is 15.9 Å². The summed E-state index contributed by atoms with van der Waals surface area (Å²) in [6, 6.07) is 12.3. The lowest BCUT2D eigenvalue weighted by atomic mass is 9.85. The normalized spacial score (nSPS) is 19.5. The minimum Gasteiger partial charge on any atom is -0.349 e. The molecule has 4 rings (SSSR count). The van der Waals surface area contributed by atoms with Gasteiger partial charge in [0.05, 0.1) is 10.9 Å². The van der Waals surface area contributed by atoms with E-state index in [1.54, 1.807) is 42.6 Å². The first-order valence-corrected chi connectivity index (χ1v) is 12.9. The highest BCUT2D eigenvalue weighted by Gasteiger charge is 2.29. The maximum absolute atomic E-state index is 13.1. The van der Waals surface area contributed by atoms with E-state index in [1.807, 2.05) is 24.6 Å². The average Bonchev–Trinajstić information content (AvgIpc) is 3.25. The minimum absolute atomic E-state index is 0.0523. The van der Waals surface area contributed by atoms with Gasteiger partial charge in [0.1, 0.15) is 11.6 Å². The Morgan fingerprint density at radius 2 is 1.71 bits per heavy atom. The summed E-state index contributed by atoms with van der Waals surface area (Å²) in [7, 11) is -3.66. The van der Waals surface area contributed by atoms with E-state index in [0.29, 0.717) is 25.7 Å². The van der Waals surface area contributed by atoms with Gasteiger partial charge in [-0.1, -0.05) is 12.1 Å². The molecule has 1 amide bonds. The number of aryl methyl sites for hydroxylation is 1. The molecule has 0 bridgehead atoms. The molecule has 1 fully saturated rings. The van der Waals surface area contributed by atoms with Crippen LogP contribution in [0.4, 0.5) is 4.39 Å². The third-order valence-corrected chi connectivity index (χ3v) is 7.94. The fourth-order valence-electron chi connectivity index (χ4n) is 4.36. The van der Waals surface area contributed by atoms with Crippen LogP contribution in [-0.4, -0.2) is 29.9 Å². The Kier molecular flexibility index (Phi) is 7.13. The second kappa shape index (κ2) is 10.1. The van der Waals surface area contributed by atoms with E-state index >= 15 is 0 Å². The number of sulfonamides is 1. The van der Waals surface area contributed by atoms with E-state index < -0.39 is 10.0 Å². The van der Waals surface area contributed by atoms with E-state index in [4.69, 9.17) is 0 Å². The molecule has 2 aromatic carbocycles. The predicted octanol–water partition coefficient (Wildman–Crippen LogP) is 4.03. The fraction of sp³-hybridized carbons (Fsp3) is 0.360. The lowest BCUT2D eigenvalue weighted by molar-refractivity contribution is -0.126. The van der Waals surface area contributed by atoms with Crippen molar-refractivity contribution in [3.05, 3.63) is 78.1 Å². The smallest absolute Gasteiger partial charge is 0.240 e. The molecule has 1 heterocycles. The molecule has 1 unspecified atom stereocenters. The summed E-state index contributed by atoms with van der Waals surface area (Å²) in [5, 5.41) is 2.99. The minimum atomic E-state index is -3.66. The number of hydrogen-bond donors (Lipinski definition) is 2. The maximum Gasteiger partial charge on any atom is 0.240 e. The van der Waals surface area contributed by atoms with Crippen molar-refractivity contribution in [3.8, 4) is 5.69 Å². The van der Waals surface area contributed by atoms with Gasteiger partial charge in [-0.15, -0.1) is 0 Å². The molecule has 9 heteroatoms. The van der Waals surface area contributed by atoms with Crippen molar-refractivity contribution in [1.29, 1.82) is 0 Å². The van der Waals surface area contributed by atoms with Crippen LogP contribution in [0.1, 0.15) is 50.0 Å². The Bertz CT molecular complexity index is 1230. The standard InChI is InChI=1S/C25H29FN4O3S/c1-17(19-3-7-21(26)8-4-19)28-25(31)20-5-9-22(10-6-20)29-34(32,33)24-13-11-23(12-14-24)30-16-15-27-18(30)2/h3-4,7-8,11-17,20,22,29H,5-6,9-10H2,1-2H3,(H,28,31). The molecule has 3 aromatic rings. The number of nitrogens with one attached hydrogen (secondary N) is 2. The molecule has 0 radical (unpaired) electrons. The van der Waals surface area contributed by atoms with E-state index in [0.717, 1.165) is 17.1 Å². The van der Waals surface area contributed by atoms with Crippen LogP contribution in [0.5, 0.6) is 0 Å². The van der Waals surface area contributed by atoms with Gasteiger partial charge in [0, 0.05) is 30.0 Å². The molecule has 34 heavy (non-hydrogen) atoms. The summed E-state index contributed by atoms with van der Waals surface area (Å²) in [4.78, 5) is 17.1. The molecular weight excluding hydrogens is 455 g/mol. The topological polar surface area (TPSA) is 93.1 Å². The summed E-state index contributed by atoms with van der Waals surface area (Å²) in [5.74, 6) is 0.291. The van der Waals surface area contributed by atoms with Crippen LogP contribution in [0.2, 0.25) is 0 Å². The highest BCUT2D eigenvalue weighted by Crippen LogP contribution is 2.27. The highest BCUT2D eigenvalue weighted by molar-refractivity contribution is 7.89. The molecule has 0 saturated heterocycles. The molecule has 1 saturated carbocycles. The van der Waals surface area contributed by atoms with Crippen molar-refractivity contribution in [2.75, 3.05) is 0 Å². The summed E-state index contributed by atoms with van der Waals surface area (Å²) < 4.78 is 43.5. The van der Waals surface area contributed by atoms with Gasteiger partial charge in [-0.25, -0.2) is 22.5 Å². The number of halogens is 1.